The Kier molecular flexibility index (Phi) is 7.00. The first kappa shape index (κ1) is 21.4. The van der Waals surface area contributed by atoms with Gasteiger partial charge in [-0.1, -0.05) is 31.4 Å². The molecule has 3 aliphatic rings. The number of aliphatic hydroxyl groups is 1. The fourth-order valence-corrected chi connectivity index (χ4v) is 4.15. The maximum atomic E-state index is 11.6. The van der Waals surface area contributed by atoms with E-state index in [9.17, 15) is 9.59 Å². The summed E-state index contributed by atoms with van der Waals surface area (Å²) in [6.07, 6.45) is 7.35. The zero-order valence-corrected chi connectivity index (χ0v) is 17.3. The second-order valence-electron chi connectivity index (χ2n) is 8.23. The standard InChI is InChI=1S/C16H21N3O3.C6H12O/c1-22-15(21)19-10-8-18(9-11-19)13-4-2-12(3-5-13)16(6-7-16)14(17)20;7-6-4-2-1-3-5-6/h2-5H,6-11H2,1H3,(H2,17,20);6-7H,1-5H2. The number of amides is 2. The molecule has 0 atom stereocenters. The van der Waals surface area contributed by atoms with Crippen molar-refractivity contribution in [2.45, 2.75) is 56.5 Å². The molecule has 0 unspecified atom stereocenters. The molecule has 4 rings (SSSR count). The molecule has 2 aliphatic carbocycles. The fraction of sp³-hybridized carbons (Fsp3) is 0.636. The van der Waals surface area contributed by atoms with Crippen LogP contribution in [0, 0.1) is 0 Å². The number of hydrogen-bond acceptors (Lipinski definition) is 5. The molecule has 2 amide bonds. The van der Waals surface area contributed by atoms with Crippen molar-refractivity contribution in [3.63, 3.8) is 0 Å². The molecular formula is C22H33N3O4. The van der Waals surface area contributed by atoms with E-state index in [1.807, 2.05) is 24.3 Å². The molecule has 0 bridgehead atoms. The molecule has 1 aliphatic heterocycles. The van der Waals surface area contributed by atoms with E-state index >= 15 is 0 Å². The van der Waals surface area contributed by atoms with Gasteiger partial charge in [-0.15, -0.1) is 0 Å². The predicted molar refractivity (Wildman–Crippen MR) is 112 cm³/mol. The van der Waals surface area contributed by atoms with Crippen molar-refractivity contribution >= 4 is 17.7 Å². The Balaban J connectivity index is 0.000000290. The van der Waals surface area contributed by atoms with Crippen LogP contribution >= 0.6 is 0 Å². The molecule has 7 nitrogen and oxygen atoms in total. The minimum Gasteiger partial charge on any atom is -0.453 e. The van der Waals surface area contributed by atoms with Gasteiger partial charge in [0.2, 0.25) is 5.91 Å². The van der Waals surface area contributed by atoms with E-state index in [4.69, 9.17) is 15.6 Å². The molecule has 3 N–H and O–H groups in total. The van der Waals surface area contributed by atoms with E-state index in [1.165, 1.54) is 26.4 Å². The number of anilines is 1. The minimum absolute atomic E-state index is 0.0359. The number of benzene rings is 1. The van der Waals surface area contributed by atoms with Gasteiger partial charge in [-0.25, -0.2) is 4.79 Å². The Bertz CT molecular complexity index is 689. The third-order valence-electron chi connectivity index (χ3n) is 6.29. The highest BCUT2D eigenvalue weighted by atomic mass is 16.5. The van der Waals surface area contributed by atoms with Crippen LogP contribution in [0.25, 0.3) is 0 Å². The van der Waals surface area contributed by atoms with Crippen LogP contribution in [0.2, 0.25) is 0 Å². The zero-order chi connectivity index (χ0) is 20.9. The summed E-state index contributed by atoms with van der Waals surface area (Å²) in [5.41, 5.74) is 7.19. The molecule has 160 valence electrons. The summed E-state index contributed by atoms with van der Waals surface area (Å²) in [6, 6.07) is 8.07. The number of aliphatic hydroxyl groups excluding tert-OH is 1. The number of nitrogens with two attached hydrogens (primary N) is 1. The molecule has 29 heavy (non-hydrogen) atoms. The van der Waals surface area contributed by atoms with Gasteiger partial charge in [-0.2, -0.15) is 0 Å². The monoisotopic (exact) mass is 403 g/mol. The quantitative estimate of drug-likeness (QED) is 0.808. The summed E-state index contributed by atoms with van der Waals surface area (Å²) in [7, 11) is 1.40. The third-order valence-corrected chi connectivity index (χ3v) is 6.29. The summed E-state index contributed by atoms with van der Waals surface area (Å²) in [5.74, 6) is -0.230. The van der Waals surface area contributed by atoms with Gasteiger partial charge in [0, 0.05) is 31.9 Å². The molecule has 3 fully saturated rings. The highest BCUT2D eigenvalue weighted by Gasteiger charge is 2.49. The first-order chi connectivity index (χ1) is 14.0. The summed E-state index contributed by atoms with van der Waals surface area (Å²) < 4.78 is 4.74. The highest BCUT2D eigenvalue weighted by Crippen LogP contribution is 2.48. The topological polar surface area (TPSA) is 96.1 Å². The van der Waals surface area contributed by atoms with Crippen molar-refractivity contribution in [1.82, 2.24) is 4.90 Å². The van der Waals surface area contributed by atoms with Crippen LogP contribution < -0.4 is 10.6 Å². The Hall–Kier alpha value is -2.28. The van der Waals surface area contributed by atoms with Gasteiger partial charge >= 0.3 is 6.09 Å². The van der Waals surface area contributed by atoms with Crippen molar-refractivity contribution in [2.24, 2.45) is 5.73 Å². The van der Waals surface area contributed by atoms with Gasteiger partial charge in [0.05, 0.1) is 18.6 Å². The van der Waals surface area contributed by atoms with E-state index < -0.39 is 5.41 Å². The maximum Gasteiger partial charge on any atom is 0.409 e. The lowest BCUT2D eigenvalue weighted by Gasteiger charge is -2.35. The molecule has 0 spiro atoms. The van der Waals surface area contributed by atoms with E-state index in [0.717, 1.165) is 50.0 Å². The van der Waals surface area contributed by atoms with Crippen molar-refractivity contribution in [2.75, 3.05) is 38.2 Å². The van der Waals surface area contributed by atoms with Gasteiger partial charge in [-0.05, 0) is 43.4 Å². The Morgan fingerprint density at radius 2 is 1.62 bits per heavy atom. The highest BCUT2D eigenvalue weighted by molar-refractivity contribution is 5.90. The molecule has 1 heterocycles. The van der Waals surface area contributed by atoms with E-state index in [-0.39, 0.29) is 18.1 Å². The molecule has 0 radical (unpaired) electrons. The molecule has 0 aromatic heterocycles. The molecular weight excluding hydrogens is 370 g/mol. The number of carbonyl (C=O) groups is 2. The molecule has 7 heteroatoms. The molecule has 1 aromatic rings. The lowest BCUT2D eigenvalue weighted by molar-refractivity contribution is -0.120. The van der Waals surface area contributed by atoms with Crippen LogP contribution in [0.4, 0.5) is 10.5 Å². The average molecular weight is 404 g/mol. The smallest absolute Gasteiger partial charge is 0.409 e. The second kappa shape index (κ2) is 9.48. The van der Waals surface area contributed by atoms with Gasteiger partial charge in [0.1, 0.15) is 0 Å². The Morgan fingerprint density at radius 3 is 2.03 bits per heavy atom. The number of piperazine rings is 1. The van der Waals surface area contributed by atoms with Gasteiger partial charge in [0.25, 0.3) is 0 Å². The molecule has 2 saturated carbocycles. The summed E-state index contributed by atoms with van der Waals surface area (Å²) in [5, 5.41) is 8.91. The van der Waals surface area contributed by atoms with Crippen molar-refractivity contribution in [3.8, 4) is 0 Å². The second-order valence-corrected chi connectivity index (χ2v) is 8.23. The van der Waals surface area contributed by atoms with Crippen LogP contribution in [0.5, 0.6) is 0 Å². The van der Waals surface area contributed by atoms with Gasteiger partial charge in [-0.3, -0.25) is 4.79 Å². The number of nitrogens with zero attached hydrogens (tertiary/aromatic N) is 2. The number of hydrogen-bond donors (Lipinski definition) is 2. The normalized spacial score (nSPS) is 21.0. The van der Waals surface area contributed by atoms with Gasteiger partial charge in [0.15, 0.2) is 0 Å². The van der Waals surface area contributed by atoms with Crippen LogP contribution in [-0.4, -0.2) is 61.4 Å². The van der Waals surface area contributed by atoms with Crippen LogP contribution in [0.3, 0.4) is 0 Å². The SMILES string of the molecule is COC(=O)N1CCN(c2ccc(C3(C(N)=O)CC3)cc2)CC1.OC1CCCCC1. The average Bonchev–Trinajstić information content (AvgIpc) is 3.57. The van der Waals surface area contributed by atoms with Crippen LogP contribution in [-0.2, 0) is 14.9 Å². The van der Waals surface area contributed by atoms with Crippen molar-refractivity contribution < 1.29 is 19.4 Å². The van der Waals surface area contributed by atoms with Crippen LogP contribution in [0.15, 0.2) is 24.3 Å². The lowest BCUT2D eigenvalue weighted by Crippen LogP contribution is -2.48. The lowest BCUT2D eigenvalue weighted by atomic mass is 9.95. The first-order valence-corrected chi connectivity index (χ1v) is 10.6. The van der Waals surface area contributed by atoms with Crippen molar-refractivity contribution in [1.29, 1.82) is 0 Å². The maximum absolute atomic E-state index is 11.6. The fourth-order valence-electron chi connectivity index (χ4n) is 4.15. The number of primary amides is 1. The summed E-state index contributed by atoms with van der Waals surface area (Å²) in [6.45, 7) is 2.85. The van der Waals surface area contributed by atoms with Gasteiger partial charge < -0.3 is 25.4 Å². The van der Waals surface area contributed by atoms with E-state index in [0.29, 0.717) is 13.1 Å². The predicted octanol–water partition coefficient (Wildman–Crippen LogP) is 2.40. The number of methoxy groups -OCH3 is 1. The zero-order valence-electron chi connectivity index (χ0n) is 17.3. The Morgan fingerprint density at radius 1 is 1.03 bits per heavy atom. The molecule has 1 saturated heterocycles. The summed E-state index contributed by atoms with van der Waals surface area (Å²) in [4.78, 5) is 27.0. The minimum atomic E-state index is -0.428. The van der Waals surface area contributed by atoms with E-state index in [1.54, 1.807) is 4.90 Å². The number of ether oxygens (including phenoxy) is 1. The third kappa shape index (κ3) is 5.21. The molecule has 1 aromatic carbocycles. The van der Waals surface area contributed by atoms with Crippen molar-refractivity contribution in [3.05, 3.63) is 29.8 Å². The van der Waals surface area contributed by atoms with Crippen LogP contribution in [0.1, 0.15) is 50.5 Å². The van der Waals surface area contributed by atoms with E-state index in [2.05, 4.69) is 4.90 Å². The first-order valence-electron chi connectivity index (χ1n) is 10.6. The summed E-state index contributed by atoms with van der Waals surface area (Å²) >= 11 is 0. The largest absolute Gasteiger partial charge is 0.453 e. The Labute approximate surface area is 172 Å². The number of carbonyl (C=O) groups excluding carboxylic acids is 2. The number of rotatable bonds is 3.